The third kappa shape index (κ3) is 5.84. The summed E-state index contributed by atoms with van der Waals surface area (Å²) < 4.78 is 26.3. The summed E-state index contributed by atoms with van der Waals surface area (Å²) in [5, 5.41) is 3.37. The topological polar surface area (TPSA) is 69.7 Å². The van der Waals surface area contributed by atoms with E-state index in [0.717, 1.165) is 29.3 Å². The van der Waals surface area contributed by atoms with Crippen LogP contribution in [0, 0.1) is 0 Å². The summed E-state index contributed by atoms with van der Waals surface area (Å²) in [6.45, 7) is 3.82. The van der Waals surface area contributed by atoms with E-state index in [4.69, 9.17) is 23.2 Å². The fraction of sp³-hybridized carbons (Fsp3) is 0.409. The molecule has 0 aliphatic carbocycles. The van der Waals surface area contributed by atoms with Crippen LogP contribution in [-0.4, -0.2) is 39.7 Å². The second-order valence-corrected chi connectivity index (χ2v) is 10.4. The normalized spacial score (nSPS) is 15.4. The molecule has 0 radical (unpaired) electrons. The molecular weight excluding hydrogens is 457 g/mol. The van der Waals surface area contributed by atoms with E-state index in [9.17, 15) is 13.2 Å². The third-order valence-corrected chi connectivity index (χ3v) is 7.05. The highest BCUT2D eigenvalue weighted by Crippen LogP contribution is 2.33. The van der Waals surface area contributed by atoms with Crippen molar-refractivity contribution in [3.63, 3.8) is 0 Å². The Bertz CT molecular complexity index is 1020. The first-order valence-corrected chi connectivity index (χ1v) is 12.9. The molecule has 1 aliphatic heterocycles. The average molecular weight is 484 g/mol. The molecule has 3 rings (SSSR count). The lowest BCUT2D eigenvalue weighted by Crippen LogP contribution is -2.47. The summed E-state index contributed by atoms with van der Waals surface area (Å²) in [7, 11) is -3.80. The van der Waals surface area contributed by atoms with Gasteiger partial charge in [0.05, 0.1) is 17.0 Å². The van der Waals surface area contributed by atoms with Crippen LogP contribution >= 0.6 is 23.2 Å². The van der Waals surface area contributed by atoms with E-state index in [2.05, 4.69) is 10.2 Å². The highest BCUT2D eigenvalue weighted by molar-refractivity contribution is 7.92. The second-order valence-electron chi connectivity index (χ2n) is 7.66. The van der Waals surface area contributed by atoms with Crippen LogP contribution in [0.5, 0.6) is 0 Å². The van der Waals surface area contributed by atoms with E-state index in [1.165, 1.54) is 31.4 Å². The van der Waals surface area contributed by atoms with Gasteiger partial charge in [-0.2, -0.15) is 0 Å². The lowest BCUT2D eigenvalue weighted by Gasteiger charge is -2.31. The molecule has 0 unspecified atom stereocenters. The second kappa shape index (κ2) is 10.1. The first-order chi connectivity index (χ1) is 14.7. The number of benzene rings is 2. The van der Waals surface area contributed by atoms with Crippen molar-refractivity contribution in [1.29, 1.82) is 0 Å². The maximum Gasteiger partial charge on any atom is 0.248 e. The van der Waals surface area contributed by atoms with Crippen molar-refractivity contribution in [2.45, 2.75) is 38.6 Å². The average Bonchev–Trinajstić information content (AvgIpc) is 2.74. The fourth-order valence-electron chi connectivity index (χ4n) is 3.82. The molecule has 1 N–H and O–H groups in total. The van der Waals surface area contributed by atoms with Gasteiger partial charge >= 0.3 is 0 Å². The molecule has 2 aromatic carbocycles. The molecule has 1 heterocycles. The summed E-state index contributed by atoms with van der Waals surface area (Å²) in [4.78, 5) is 15.4. The molecule has 0 saturated carbocycles. The Labute approximate surface area is 194 Å². The zero-order valence-corrected chi connectivity index (χ0v) is 20.0. The number of sulfonamides is 1. The van der Waals surface area contributed by atoms with Gasteiger partial charge in [0.1, 0.15) is 6.04 Å². The lowest BCUT2D eigenvalue weighted by molar-refractivity contribution is -0.117. The van der Waals surface area contributed by atoms with Crippen molar-refractivity contribution in [3.05, 3.63) is 52.5 Å². The molecule has 9 heteroatoms. The number of hydrogen-bond donors (Lipinski definition) is 1. The molecule has 168 valence electrons. The van der Waals surface area contributed by atoms with Crippen molar-refractivity contribution in [3.8, 4) is 0 Å². The highest BCUT2D eigenvalue weighted by Gasteiger charge is 2.33. The number of rotatable bonds is 7. The van der Waals surface area contributed by atoms with Crippen molar-refractivity contribution >= 4 is 56.2 Å². The quantitative estimate of drug-likeness (QED) is 0.589. The van der Waals surface area contributed by atoms with Gasteiger partial charge in [-0.1, -0.05) is 30.1 Å². The Balaban J connectivity index is 1.82. The van der Waals surface area contributed by atoms with Crippen LogP contribution in [0.2, 0.25) is 10.0 Å². The zero-order chi connectivity index (χ0) is 22.6. The lowest BCUT2D eigenvalue weighted by atomic mass is 10.1. The number of halogens is 2. The summed E-state index contributed by atoms with van der Waals surface area (Å²) in [6, 6.07) is 11.2. The molecule has 0 bridgehead atoms. The van der Waals surface area contributed by atoms with Crippen LogP contribution in [0.15, 0.2) is 42.5 Å². The maximum atomic E-state index is 13.1. The number of piperidine rings is 1. The molecule has 1 fully saturated rings. The SMILES string of the molecule is CC[C@H](C(=O)Nc1ccc(N2CCCCC2)cc1)N(c1cc(Cl)ccc1Cl)S(C)(=O)=O. The van der Waals surface area contributed by atoms with Crippen LogP contribution in [0.4, 0.5) is 17.1 Å². The molecule has 6 nitrogen and oxygen atoms in total. The highest BCUT2D eigenvalue weighted by atomic mass is 35.5. The van der Waals surface area contributed by atoms with Crippen LogP contribution in [0.25, 0.3) is 0 Å². The zero-order valence-electron chi connectivity index (χ0n) is 17.6. The molecule has 1 amide bonds. The van der Waals surface area contributed by atoms with Gasteiger partial charge < -0.3 is 10.2 Å². The smallest absolute Gasteiger partial charge is 0.248 e. The number of amides is 1. The van der Waals surface area contributed by atoms with Crippen LogP contribution < -0.4 is 14.5 Å². The first-order valence-electron chi connectivity index (χ1n) is 10.3. The molecule has 1 saturated heterocycles. The minimum Gasteiger partial charge on any atom is -0.372 e. The predicted molar refractivity (Wildman–Crippen MR) is 129 cm³/mol. The van der Waals surface area contributed by atoms with E-state index in [1.807, 2.05) is 24.3 Å². The number of carbonyl (C=O) groups excluding carboxylic acids is 1. The third-order valence-electron chi connectivity index (χ3n) is 5.33. The molecular formula is C22H27Cl2N3O3S. The van der Waals surface area contributed by atoms with E-state index >= 15 is 0 Å². The predicted octanol–water partition coefficient (Wildman–Crippen LogP) is 5.17. The van der Waals surface area contributed by atoms with E-state index in [0.29, 0.717) is 10.7 Å². The van der Waals surface area contributed by atoms with Crippen LogP contribution in [0.3, 0.4) is 0 Å². The summed E-state index contributed by atoms with van der Waals surface area (Å²) in [6.07, 6.45) is 4.94. The molecule has 1 aliphatic rings. The Morgan fingerprint density at radius 1 is 1.10 bits per heavy atom. The van der Waals surface area contributed by atoms with E-state index in [1.54, 1.807) is 13.0 Å². The maximum absolute atomic E-state index is 13.1. The van der Waals surface area contributed by atoms with Gasteiger partial charge in [0, 0.05) is 29.5 Å². The van der Waals surface area contributed by atoms with Crippen molar-refractivity contribution in [1.82, 2.24) is 0 Å². The van der Waals surface area contributed by atoms with Crippen molar-refractivity contribution < 1.29 is 13.2 Å². The van der Waals surface area contributed by atoms with Gasteiger partial charge in [0.25, 0.3) is 0 Å². The Kier molecular flexibility index (Phi) is 7.73. The number of nitrogens with one attached hydrogen (secondary N) is 1. The van der Waals surface area contributed by atoms with Gasteiger partial charge in [-0.15, -0.1) is 0 Å². The molecule has 2 aromatic rings. The minimum absolute atomic E-state index is 0.180. The first kappa shape index (κ1) is 23.7. The van der Waals surface area contributed by atoms with Crippen LogP contribution in [0.1, 0.15) is 32.6 Å². The largest absolute Gasteiger partial charge is 0.372 e. The summed E-state index contributed by atoms with van der Waals surface area (Å²) in [5.74, 6) is -0.435. The van der Waals surface area contributed by atoms with E-state index in [-0.39, 0.29) is 17.1 Å². The molecule has 0 spiro atoms. The molecule has 31 heavy (non-hydrogen) atoms. The Hall–Kier alpha value is -1.96. The monoisotopic (exact) mass is 483 g/mol. The van der Waals surface area contributed by atoms with Gasteiger partial charge in [-0.25, -0.2) is 8.42 Å². The standard InChI is InChI=1S/C22H27Cl2N3O3S/c1-3-20(27(31(2,29)30)21-15-16(23)7-12-19(21)24)22(28)25-17-8-10-18(11-9-17)26-13-5-4-6-14-26/h7-12,15,20H,3-6,13-14H2,1-2H3,(H,25,28)/t20-/m1/s1. The van der Waals surface area contributed by atoms with E-state index < -0.39 is 22.0 Å². The Morgan fingerprint density at radius 3 is 2.32 bits per heavy atom. The van der Waals surface area contributed by atoms with Gasteiger partial charge in [0.15, 0.2) is 0 Å². The van der Waals surface area contributed by atoms with Crippen LogP contribution in [-0.2, 0) is 14.8 Å². The van der Waals surface area contributed by atoms with Gasteiger partial charge in [0.2, 0.25) is 15.9 Å². The number of hydrogen-bond acceptors (Lipinski definition) is 4. The Morgan fingerprint density at radius 2 is 1.74 bits per heavy atom. The fourth-order valence-corrected chi connectivity index (χ4v) is 5.46. The molecule has 1 atom stereocenters. The van der Waals surface area contributed by atoms with Gasteiger partial charge in [-0.05, 0) is 68.1 Å². The van der Waals surface area contributed by atoms with Gasteiger partial charge in [-0.3, -0.25) is 9.10 Å². The number of carbonyl (C=O) groups is 1. The minimum atomic E-state index is -3.80. The summed E-state index contributed by atoms with van der Waals surface area (Å²) >= 11 is 12.3. The number of nitrogens with zero attached hydrogens (tertiary/aromatic N) is 2. The summed E-state index contributed by atoms with van der Waals surface area (Å²) in [5.41, 5.74) is 1.90. The molecule has 0 aromatic heterocycles. The number of anilines is 3. The van der Waals surface area contributed by atoms with Crippen molar-refractivity contribution in [2.75, 3.05) is 33.9 Å². The van der Waals surface area contributed by atoms with Crippen molar-refractivity contribution in [2.24, 2.45) is 0 Å².